The van der Waals surface area contributed by atoms with Gasteiger partial charge in [0.15, 0.2) is 0 Å². The minimum Gasteiger partial charge on any atom is -0.481 e. The van der Waals surface area contributed by atoms with Gasteiger partial charge >= 0.3 is 5.97 Å². The van der Waals surface area contributed by atoms with Crippen LogP contribution in [0.25, 0.3) is 0 Å². The van der Waals surface area contributed by atoms with Gasteiger partial charge in [0.2, 0.25) is 5.91 Å². The van der Waals surface area contributed by atoms with Gasteiger partial charge in [-0.25, -0.2) is 5.01 Å². The van der Waals surface area contributed by atoms with Gasteiger partial charge in [-0.3, -0.25) is 9.59 Å². The Morgan fingerprint density at radius 1 is 1.12 bits per heavy atom. The minimum atomic E-state index is -0.985. The number of benzene rings is 2. The highest BCUT2D eigenvalue weighted by Gasteiger charge is 2.32. The number of hydrogen-bond donors (Lipinski definition) is 1. The molecule has 0 bridgehead atoms. The molecule has 0 saturated carbocycles. The number of carbonyl (C=O) groups excluding carboxylic acids is 1. The molecular formula is C20H19BrN2O3. The van der Waals surface area contributed by atoms with Gasteiger partial charge in [-0.05, 0) is 30.2 Å². The number of nitrogens with zero attached hydrogens (tertiary/aromatic N) is 2. The Morgan fingerprint density at radius 2 is 1.77 bits per heavy atom. The second-order valence-electron chi connectivity index (χ2n) is 6.32. The summed E-state index contributed by atoms with van der Waals surface area (Å²) in [5.74, 6) is -1.26. The van der Waals surface area contributed by atoms with Crippen LogP contribution in [0, 0.1) is 6.92 Å². The number of carboxylic acid groups (broad SMARTS) is 1. The van der Waals surface area contributed by atoms with E-state index in [9.17, 15) is 9.59 Å². The summed E-state index contributed by atoms with van der Waals surface area (Å²) in [4.78, 5) is 23.4. The minimum absolute atomic E-state index is 0.0607. The van der Waals surface area contributed by atoms with E-state index in [1.165, 1.54) is 5.01 Å². The maximum absolute atomic E-state index is 12.6. The van der Waals surface area contributed by atoms with Crippen molar-refractivity contribution in [3.8, 4) is 0 Å². The van der Waals surface area contributed by atoms with Crippen LogP contribution < -0.4 is 0 Å². The molecule has 1 aliphatic rings. The van der Waals surface area contributed by atoms with Crippen molar-refractivity contribution in [2.75, 3.05) is 0 Å². The van der Waals surface area contributed by atoms with E-state index in [2.05, 4.69) is 21.0 Å². The van der Waals surface area contributed by atoms with Gasteiger partial charge in [0.25, 0.3) is 0 Å². The van der Waals surface area contributed by atoms with Crippen molar-refractivity contribution in [1.82, 2.24) is 5.01 Å². The molecule has 3 rings (SSSR count). The maximum Gasteiger partial charge on any atom is 0.303 e. The monoisotopic (exact) mass is 414 g/mol. The molecule has 1 atom stereocenters. The van der Waals surface area contributed by atoms with Gasteiger partial charge in [-0.15, -0.1) is 0 Å². The fourth-order valence-electron chi connectivity index (χ4n) is 2.93. The van der Waals surface area contributed by atoms with Crippen molar-refractivity contribution in [1.29, 1.82) is 0 Å². The van der Waals surface area contributed by atoms with Crippen molar-refractivity contribution in [2.24, 2.45) is 5.10 Å². The first-order valence-corrected chi connectivity index (χ1v) is 9.17. The van der Waals surface area contributed by atoms with E-state index < -0.39 is 5.97 Å². The van der Waals surface area contributed by atoms with Gasteiger partial charge in [0, 0.05) is 17.3 Å². The molecule has 6 heteroatoms. The summed E-state index contributed by atoms with van der Waals surface area (Å²) in [5.41, 5.74) is 3.92. The highest BCUT2D eigenvalue weighted by atomic mass is 79.9. The number of halogens is 1. The molecule has 0 spiro atoms. The average Bonchev–Trinajstić information content (AvgIpc) is 3.06. The number of carboxylic acids is 1. The molecule has 0 aromatic heterocycles. The molecule has 2 aromatic rings. The summed E-state index contributed by atoms with van der Waals surface area (Å²) >= 11 is 3.42. The van der Waals surface area contributed by atoms with E-state index >= 15 is 0 Å². The third-order valence-electron chi connectivity index (χ3n) is 4.36. The van der Waals surface area contributed by atoms with Crippen molar-refractivity contribution in [2.45, 2.75) is 32.2 Å². The van der Waals surface area contributed by atoms with E-state index in [4.69, 9.17) is 5.11 Å². The Balaban J connectivity index is 1.89. The SMILES string of the molecule is Cc1ccc([C@H]2CC(c3ccc(Br)cc3)=NN2C(=O)CCC(=O)O)cc1. The fourth-order valence-corrected chi connectivity index (χ4v) is 3.20. The summed E-state index contributed by atoms with van der Waals surface area (Å²) in [6.07, 6.45) is 0.345. The molecule has 1 amide bonds. The largest absolute Gasteiger partial charge is 0.481 e. The Bertz CT molecular complexity index is 844. The molecule has 26 heavy (non-hydrogen) atoms. The second kappa shape index (κ2) is 7.83. The molecule has 1 aliphatic heterocycles. The number of aryl methyl sites for hydroxylation is 1. The third kappa shape index (κ3) is 4.19. The molecule has 0 radical (unpaired) electrons. The summed E-state index contributed by atoms with van der Waals surface area (Å²) in [6.45, 7) is 2.01. The van der Waals surface area contributed by atoms with Gasteiger partial charge < -0.3 is 5.11 Å². The fraction of sp³-hybridized carbons (Fsp3) is 0.250. The van der Waals surface area contributed by atoms with Gasteiger partial charge in [-0.1, -0.05) is 57.9 Å². The standard InChI is InChI=1S/C20H19BrN2O3/c1-13-2-4-15(5-3-13)18-12-17(14-6-8-16(21)9-7-14)22-23(18)19(24)10-11-20(25)26/h2-9,18H,10-12H2,1H3,(H,25,26)/t18-/m1/s1. The van der Waals surface area contributed by atoms with Gasteiger partial charge in [-0.2, -0.15) is 5.10 Å². The van der Waals surface area contributed by atoms with Gasteiger partial charge in [0.05, 0.1) is 18.2 Å². The Labute approximate surface area is 160 Å². The average molecular weight is 415 g/mol. The van der Waals surface area contributed by atoms with Crippen LogP contribution >= 0.6 is 15.9 Å². The first-order valence-electron chi connectivity index (χ1n) is 8.38. The predicted molar refractivity (Wildman–Crippen MR) is 103 cm³/mol. The number of carbonyl (C=O) groups is 2. The van der Waals surface area contributed by atoms with Crippen LogP contribution in [0.5, 0.6) is 0 Å². The second-order valence-corrected chi connectivity index (χ2v) is 7.23. The number of rotatable bonds is 5. The van der Waals surface area contributed by atoms with Crippen LogP contribution in [0.1, 0.15) is 42.0 Å². The van der Waals surface area contributed by atoms with Crippen molar-refractivity contribution in [3.05, 3.63) is 69.7 Å². The molecule has 134 valence electrons. The molecule has 2 aromatic carbocycles. The Hall–Kier alpha value is -2.47. The van der Waals surface area contributed by atoms with E-state index in [1.807, 2.05) is 55.5 Å². The van der Waals surface area contributed by atoms with Crippen molar-refractivity contribution in [3.63, 3.8) is 0 Å². The smallest absolute Gasteiger partial charge is 0.303 e. The van der Waals surface area contributed by atoms with Crippen LogP contribution in [0.3, 0.4) is 0 Å². The van der Waals surface area contributed by atoms with Crippen LogP contribution in [-0.2, 0) is 9.59 Å². The number of aliphatic carboxylic acids is 1. The summed E-state index contributed by atoms with van der Waals surface area (Å²) in [7, 11) is 0. The number of hydrazone groups is 1. The Morgan fingerprint density at radius 3 is 2.38 bits per heavy atom. The molecule has 5 nitrogen and oxygen atoms in total. The zero-order chi connectivity index (χ0) is 18.7. The summed E-state index contributed by atoms with van der Waals surface area (Å²) in [5, 5.41) is 14.9. The summed E-state index contributed by atoms with van der Waals surface area (Å²) in [6, 6.07) is 15.6. The quantitative estimate of drug-likeness (QED) is 0.792. The third-order valence-corrected chi connectivity index (χ3v) is 4.89. The van der Waals surface area contributed by atoms with E-state index in [0.29, 0.717) is 6.42 Å². The molecular weight excluding hydrogens is 396 g/mol. The molecule has 0 fully saturated rings. The predicted octanol–water partition coefficient (Wildman–Crippen LogP) is 4.30. The van der Waals surface area contributed by atoms with E-state index in [-0.39, 0.29) is 24.8 Å². The topological polar surface area (TPSA) is 70.0 Å². The first kappa shape index (κ1) is 18.3. The zero-order valence-corrected chi connectivity index (χ0v) is 15.9. The van der Waals surface area contributed by atoms with E-state index in [1.54, 1.807) is 0 Å². The lowest BCUT2D eigenvalue weighted by Crippen LogP contribution is -2.27. The highest BCUT2D eigenvalue weighted by Crippen LogP contribution is 2.33. The molecule has 0 saturated heterocycles. The van der Waals surface area contributed by atoms with Crippen LogP contribution in [-0.4, -0.2) is 27.7 Å². The number of amides is 1. The maximum atomic E-state index is 12.6. The lowest BCUT2D eigenvalue weighted by atomic mass is 9.97. The molecule has 1 N–H and O–H groups in total. The van der Waals surface area contributed by atoms with Crippen LogP contribution in [0.15, 0.2) is 58.1 Å². The van der Waals surface area contributed by atoms with Crippen molar-refractivity contribution < 1.29 is 14.7 Å². The molecule has 1 heterocycles. The van der Waals surface area contributed by atoms with E-state index in [0.717, 1.165) is 26.9 Å². The Kier molecular flexibility index (Phi) is 5.52. The lowest BCUT2D eigenvalue weighted by molar-refractivity contribution is -0.141. The zero-order valence-electron chi connectivity index (χ0n) is 14.4. The van der Waals surface area contributed by atoms with Crippen LogP contribution in [0.4, 0.5) is 0 Å². The number of hydrogen-bond acceptors (Lipinski definition) is 3. The van der Waals surface area contributed by atoms with Crippen LogP contribution in [0.2, 0.25) is 0 Å². The highest BCUT2D eigenvalue weighted by molar-refractivity contribution is 9.10. The molecule has 0 unspecified atom stereocenters. The molecule has 0 aliphatic carbocycles. The summed E-state index contributed by atoms with van der Waals surface area (Å²) < 4.78 is 0.976. The lowest BCUT2D eigenvalue weighted by Gasteiger charge is -2.22. The normalized spacial score (nSPS) is 16.5. The van der Waals surface area contributed by atoms with Gasteiger partial charge in [0.1, 0.15) is 0 Å². The van der Waals surface area contributed by atoms with Crippen molar-refractivity contribution >= 4 is 33.5 Å². The first-order chi connectivity index (χ1) is 12.4.